The average molecular weight is 289 g/mol. The molecule has 2 heteroatoms. The molecule has 0 radical (unpaired) electrons. The normalized spacial score (nSPS) is 23.8. The fourth-order valence-electron chi connectivity index (χ4n) is 3.76. The van der Waals surface area contributed by atoms with Gasteiger partial charge in [-0.05, 0) is 43.7 Å². The number of benzene rings is 1. The molecule has 3 unspecified atom stereocenters. The molecule has 0 bridgehead atoms. The Morgan fingerprint density at radius 3 is 2.76 bits per heavy atom. The van der Waals surface area contributed by atoms with E-state index in [4.69, 9.17) is 4.74 Å². The molecule has 1 aliphatic rings. The lowest BCUT2D eigenvalue weighted by molar-refractivity contribution is 0.207. The summed E-state index contributed by atoms with van der Waals surface area (Å²) >= 11 is 0. The zero-order chi connectivity index (χ0) is 15.1. The van der Waals surface area contributed by atoms with E-state index in [9.17, 15) is 0 Å². The zero-order valence-corrected chi connectivity index (χ0v) is 13.9. The van der Waals surface area contributed by atoms with Gasteiger partial charge in [0.05, 0.1) is 7.11 Å². The molecule has 3 atom stereocenters. The Morgan fingerprint density at radius 1 is 1.24 bits per heavy atom. The highest BCUT2D eigenvalue weighted by Gasteiger charge is 2.29. The first-order chi connectivity index (χ1) is 10.3. The topological polar surface area (TPSA) is 21.3 Å². The van der Waals surface area contributed by atoms with E-state index in [-0.39, 0.29) is 0 Å². The van der Waals surface area contributed by atoms with Gasteiger partial charge in [-0.2, -0.15) is 0 Å². The predicted octanol–water partition coefficient (Wildman–Crippen LogP) is 4.95. The SMILES string of the molecule is CCCNC(c1ccccc1OC)C1CCCC(CC)C1. The molecule has 118 valence electrons. The minimum absolute atomic E-state index is 0.440. The van der Waals surface area contributed by atoms with E-state index in [2.05, 4.69) is 43.4 Å². The second-order valence-corrected chi connectivity index (χ2v) is 6.37. The van der Waals surface area contributed by atoms with Crippen molar-refractivity contribution in [3.8, 4) is 5.75 Å². The molecule has 0 spiro atoms. The third-order valence-electron chi connectivity index (χ3n) is 4.96. The van der Waals surface area contributed by atoms with Crippen LogP contribution in [0.5, 0.6) is 5.75 Å². The second kappa shape index (κ2) is 8.43. The Hall–Kier alpha value is -1.02. The van der Waals surface area contributed by atoms with E-state index >= 15 is 0 Å². The van der Waals surface area contributed by atoms with Crippen molar-refractivity contribution in [1.82, 2.24) is 5.32 Å². The molecule has 0 amide bonds. The molecule has 21 heavy (non-hydrogen) atoms. The van der Waals surface area contributed by atoms with Gasteiger partial charge in [-0.25, -0.2) is 0 Å². The average Bonchev–Trinajstić information content (AvgIpc) is 2.56. The summed E-state index contributed by atoms with van der Waals surface area (Å²) in [6.07, 6.45) is 7.99. The van der Waals surface area contributed by atoms with E-state index in [0.29, 0.717) is 6.04 Å². The summed E-state index contributed by atoms with van der Waals surface area (Å²) in [4.78, 5) is 0. The number of methoxy groups -OCH3 is 1. The fraction of sp³-hybridized carbons (Fsp3) is 0.684. The first-order valence-corrected chi connectivity index (χ1v) is 8.66. The van der Waals surface area contributed by atoms with E-state index in [1.54, 1.807) is 7.11 Å². The van der Waals surface area contributed by atoms with Gasteiger partial charge < -0.3 is 10.1 Å². The maximum absolute atomic E-state index is 5.61. The maximum atomic E-state index is 5.61. The number of hydrogen-bond donors (Lipinski definition) is 1. The van der Waals surface area contributed by atoms with Gasteiger partial charge in [0.1, 0.15) is 5.75 Å². The van der Waals surface area contributed by atoms with E-state index in [1.807, 2.05) is 0 Å². The van der Waals surface area contributed by atoms with E-state index in [1.165, 1.54) is 44.1 Å². The van der Waals surface area contributed by atoms with Gasteiger partial charge in [0.25, 0.3) is 0 Å². The second-order valence-electron chi connectivity index (χ2n) is 6.37. The number of nitrogens with one attached hydrogen (secondary N) is 1. The van der Waals surface area contributed by atoms with Crippen LogP contribution in [0, 0.1) is 11.8 Å². The summed E-state index contributed by atoms with van der Waals surface area (Å²) in [6, 6.07) is 8.97. The third kappa shape index (κ3) is 4.23. The Bertz CT molecular complexity index is 418. The van der Waals surface area contributed by atoms with Crippen LogP contribution in [-0.4, -0.2) is 13.7 Å². The Morgan fingerprint density at radius 2 is 2.05 bits per heavy atom. The Labute approximate surface area is 130 Å². The highest BCUT2D eigenvalue weighted by atomic mass is 16.5. The monoisotopic (exact) mass is 289 g/mol. The quantitative estimate of drug-likeness (QED) is 0.766. The number of para-hydroxylation sites is 1. The summed E-state index contributed by atoms with van der Waals surface area (Å²) in [5.74, 6) is 2.68. The molecule has 2 rings (SSSR count). The minimum atomic E-state index is 0.440. The summed E-state index contributed by atoms with van der Waals surface area (Å²) in [6.45, 7) is 5.66. The molecule has 0 saturated heterocycles. The smallest absolute Gasteiger partial charge is 0.123 e. The molecular weight excluding hydrogens is 258 g/mol. The summed E-state index contributed by atoms with van der Waals surface area (Å²) in [7, 11) is 1.78. The number of ether oxygens (including phenoxy) is 1. The largest absolute Gasteiger partial charge is 0.496 e. The minimum Gasteiger partial charge on any atom is -0.496 e. The van der Waals surface area contributed by atoms with Crippen LogP contribution >= 0.6 is 0 Å². The van der Waals surface area contributed by atoms with Gasteiger partial charge in [0.2, 0.25) is 0 Å². The fourth-order valence-corrected chi connectivity index (χ4v) is 3.76. The van der Waals surface area contributed by atoms with Crippen LogP contribution < -0.4 is 10.1 Å². The summed E-state index contributed by atoms with van der Waals surface area (Å²) in [5, 5.41) is 3.79. The molecule has 1 N–H and O–H groups in total. The van der Waals surface area contributed by atoms with Crippen molar-refractivity contribution >= 4 is 0 Å². The van der Waals surface area contributed by atoms with E-state index in [0.717, 1.165) is 24.1 Å². The summed E-state index contributed by atoms with van der Waals surface area (Å²) in [5.41, 5.74) is 1.34. The van der Waals surface area contributed by atoms with Crippen molar-refractivity contribution in [2.75, 3.05) is 13.7 Å². The van der Waals surface area contributed by atoms with Crippen LogP contribution in [0.2, 0.25) is 0 Å². The van der Waals surface area contributed by atoms with Crippen molar-refractivity contribution in [3.63, 3.8) is 0 Å². The highest BCUT2D eigenvalue weighted by Crippen LogP contribution is 2.40. The van der Waals surface area contributed by atoms with Crippen molar-refractivity contribution in [2.45, 2.75) is 58.4 Å². The van der Waals surface area contributed by atoms with Gasteiger partial charge in [-0.1, -0.05) is 51.3 Å². The third-order valence-corrected chi connectivity index (χ3v) is 4.96. The molecule has 1 saturated carbocycles. The molecule has 1 aromatic carbocycles. The zero-order valence-electron chi connectivity index (χ0n) is 13.9. The van der Waals surface area contributed by atoms with Crippen LogP contribution in [0.4, 0.5) is 0 Å². The van der Waals surface area contributed by atoms with Crippen LogP contribution in [0.15, 0.2) is 24.3 Å². The molecule has 0 heterocycles. The van der Waals surface area contributed by atoms with Gasteiger partial charge in [0, 0.05) is 11.6 Å². The van der Waals surface area contributed by atoms with Crippen LogP contribution in [0.25, 0.3) is 0 Å². The van der Waals surface area contributed by atoms with Gasteiger partial charge in [-0.3, -0.25) is 0 Å². The van der Waals surface area contributed by atoms with Crippen molar-refractivity contribution < 1.29 is 4.74 Å². The van der Waals surface area contributed by atoms with Crippen LogP contribution in [-0.2, 0) is 0 Å². The standard InChI is InChI=1S/C19H31NO/c1-4-13-20-19(16-10-8-9-15(5-2)14-16)17-11-6-7-12-18(17)21-3/h6-7,11-12,15-16,19-20H,4-5,8-10,13-14H2,1-3H3. The van der Waals surface area contributed by atoms with Crippen LogP contribution in [0.1, 0.15) is 64.0 Å². The predicted molar refractivity (Wildman–Crippen MR) is 89.8 cm³/mol. The summed E-state index contributed by atoms with van der Waals surface area (Å²) < 4.78 is 5.61. The van der Waals surface area contributed by atoms with Gasteiger partial charge in [0.15, 0.2) is 0 Å². The van der Waals surface area contributed by atoms with Crippen molar-refractivity contribution in [3.05, 3.63) is 29.8 Å². The Balaban J connectivity index is 2.20. The number of rotatable bonds is 7. The molecule has 0 aliphatic heterocycles. The lowest BCUT2D eigenvalue weighted by Gasteiger charge is -2.35. The lowest BCUT2D eigenvalue weighted by Crippen LogP contribution is -2.32. The van der Waals surface area contributed by atoms with E-state index < -0.39 is 0 Å². The van der Waals surface area contributed by atoms with Crippen molar-refractivity contribution in [2.24, 2.45) is 11.8 Å². The van der Waals surface area contributed by atoms with Gasteiger partial charge >= 0.3 is 0 Å². The molecule has 0 aromatic heterocycles. The molecule has 1 aliphatic carbocycles. The van der Waals surface area contributed by atoms with Crippen LogP contribution in [0.3, 0.4) is 0 Å². The highest BCUT2D eigenvalue weighted by molar-refractivity contribution is 5.36. The lowest BCUT2D eigenvalue weighted by atomic mass is 9.75. The Kier molecular flexibility index (Phi) is 6.56. The first-order valence-electron chi connectivity index (χ1n) is 8.66. The maximum Gasteiger partial charge on any atom is 0.123 e. The molecular formula is C19H31NO. The number of hydrogen-bond acceptors (Lipinski definition) is 2. The first kappa shape index (κ1) is 16.4. The molecule has 1 fully saturated rings. The molecule has 2 nitrogen and oxygen atoms in total. The molecule has 1 aromatic rings. The van der Waals surface area contributed by atoms with Gasteiger partial charge in [-0.15, -0.1) is 0 Å². The van der Waals surface area contributed by atoms with Crippen molar-refractivity contribution in [1.29, 1.82) is 0 Å².